The van der Waals surface area contributed by atoms with Gasteiger partial charge in [-0.1, -0.05) is 24.3 Å². The van der Waals surface area contributed by atoms with Gasteiger partial charge in [0.2, 0.25) is 17.2 Å². The number of nitrogen functional groups attached to an aromatic ring is 1. The van der Waals surface area contributed by atoms with E-state index in [0.29, 0.717) is 5.56 Å². The van der Waals surface area contributed by atoms with Crippen LogP contribution in [0.15, 0.2) is 71.8 Å². The second kappa shape index (κ2) is 22.3. The Labute approximate surface area is 418 Å². The summed E-state index contributed by atoms with van der Waals surface area (Å²) in [7, 11) is -7.75. The van der Waals surface area contributed by atoms with E-state index in [1.54, 1.807) is 29.4 Å². The number of anilines is 2. The van der Waals surface area contributed by atoms with Gasteiger partial charge in [-0.15, -0.1) is 11.3 Å². The zero-order valence-electron chi connectivity index (χ0n) is 39.5. The number of imidazole rings is 1. The highest BCUT2D eigenvalue weighted by Crippen LogP contribution is 2.66. The van der Waals surface area contributed by atoms with E-state index in [1.165, 1.54) is 0 Å². The van der Waals surface area contributed by atoms with Crippen LogP contribution in [0.25, 0.3) is 42.8 Å². The number of nitrogens with two attached hydrogens (primary N) is 1. The molecule has 392 valence electrons. The first-order valence-electron chi connectivity index (χ1n) is 21.9. The summed E-state index contributed by atoms with van der Waals surface area (Å²) in [5, 5.41) is 18.4. The van der Waals surface area contributed by atoms with Crippen LogP contribution >= 0.6 is 34.8 Å². The third kappa shape index (κ3) is 13.2. The molecule has 27 nitrogen and oxygen atoms in total. The van der Waals surface area contributed by atoms with Crippen molar-refractivity contribution in [1.82, 2.24) is 39.6 Å². The molecule has 1 aliphatic carbocycles. The Bertz CT molecular complexity index is 3320. The highest BCUT2D eigenvalue weighted by atomic mass is 32.1. The highest BCUT2D eigenvalue weighted by molar-refractivity contribution is 7.66. The number of nitrogens with one attached hydrogen (secondary N) is 3. The Morgan fingerprint density at radius 3 is 2.40 bits per heavy atom. The van der Waals surface area contributed by atoms with E-state index in [4.69, 9.17) is 25.0 Å². The minimum Gasteiger partial charge on any atom is -0.440 e. The molecule has 4 heterocycles. The van der Waals surface area contributed by atoms with Crippen LogP contribution in [0.1, 0.15) is 29.4 Å². The predicted molar refractivity (Wildman–Crippen MR) is 265 cm³/mol. The minimum absolute atomic E-state index is 0.0149. The molecule has 0 radical (unpaired) electrons. The molecule has 10 N–H and O–H groups in total. The predicted octanol–water partition coefficient (Wildman–Crippen LogP) is 2.15. The fourth-order valence-electron chi connectivity index (χ4n) is 7.84. The number of phosphoric ester groups is 1. The number of aromatic nitrogens is 4. The normalized spacial score (nSPS) is 18.5. The van der Waals surface area contributed by atoms with E-state index in [-0.39, 0.29) is 55.5 Å². The van der Waals surface area contributed by atoms with Crippen molar-refractivity contribution in [1.29, 1.82) is 0 Å². The lowest BCUT2D eigenvalue weighted by Crippen LogP contribution is -2.42. The monoisotopic (exact) mass is 1090 g/mol. The molecular formula is C42H52N10O17P3S+. The molecule has 3 amide bonds. The number of phosphoric acid groups is 3. The molecule has 1 saturated heterocycles. The Kier molecular flexibility index (Phi) is 16.7. The first-order valence-corrected chi connectivity index (χ1v) is 27.2. The van der Waals surface area contributed by atoms with Gasteiger partial charge in [-0.3, -0.25) is 28.5 Å². The van der Waals surface area contributed by atoms with Gasteiger partial charge in [-0.05, 0) is 41.8 Å². The molecule has 3 aliphatic rings. The molecule has 2 unspecified atom stereocenters. The molecule has 2 aromatic carbocycles. The number of hydrogen-bond acceptors (Lipinski definition) is 18. The second-order valence-electron chi connectivity index (χ2n) is 16.9. The number of amides is 3. The molecule has 0 spiro atoms. The van der Waals surface area contributed by atoms with Crippen molar-refractivity contribution < 1.29 is 75.4 Å². The molecule has 0 bridgehead atoms. The van der Waals surface area contributed by atoms with Crippen LogP contribution < -0.4 is 36.8 Å². The Balaban J connectivity index is 0.953. The summed E-state index contributed by atoms with van der Waals surface area (Å²) in [6.45, 7) is -1.24. The van der Waals surface area contributed by atoms with Crippen molar-refractivity contribution in [3.63, 3.8) is 0 Å². The number of carbonyl (C=O) groups excluding carboxylic acids is 3. The van der Waals surface area contributed by atoms with E-state index < -0.39 is 72.2 Å². The van der Waals surface area contributed by atoms with Crippen LogP contribution in [0.5, 0.6) is 0 Å². The smallest absolute Gasteiger partial charge is 0.440 e. The fourth-order valence-corrected chi connectivity index (χ4v) is 12.0. The van der Waals surface area contributed by atoms with Crippen LogP contribution in [0.4, 0.5) is 16.4 Å². The lowest BCUT2D eigenvalue weighted by molar-refractivity contribution is -0.121. The molecule has 6 atom stereocenters. The lowest BCUT2D eigenvalue weighted by Gasteiger charge is -2.22. The Morgan fingerprint density at radius 2 is 1.68 bits per heavy atom. The van der Waals surface area contributed by atoms with E-state index in [2.05, 4.69) is 75.1 Å². The van der Waals surface area contributed by atoms with E-state index >= 15 is 0 Å². The average molecular weight is 1090 g/mol. The van der Waals surface area contributed by atoms with Crippen LogP contribution in [-0.4, -0.2) is 147 Å². The van der Waals surface area contributed by atoms with Gasteiger partial charge in [0.1, 0.15) is 26.3 Å². The minimum atomic E-state index is -5.92. The topological polar surface area (TPSA) is 373 Å². The summed E-state index contributed by atoms with van der Waals surface area (Å²) in [6, 6.07) is 20.0. The van der Waals surface area contributed by atoms with Crippen molar-refractivity contribution in [3.8, 4) is 21.6 Å². The molecule has 2 aromatic heterocycles. The van der Waals surface area contributed by atoms with E-state index in [0.717, 1.165) is 53.6 Å². The average Bonchev–Trinajstić information content (AvgIpc) is 3.86. The number of carbonyl (C=O) groups is 3. The van der Waals surface area contributed by atoms with Crippen molar-refractivity contribution in [2.45, 2.75) is 37.4 Å². The molecular weight excluding hydrogens is 1040 g/mol. The summed E-state index contributed by atoms with van der Waals surface area (Å²) in [5.41, 5.74) is 8.69. The quantitative estimate of drug-likeness (QED) is 0.0243. The van der Waals surface area contributed by atoms with Gasteiger partial charge in [-0.2, -0.15) is 13.6 Å². The highest BCUT2D eigenvalue weighted by Gasteiger charge is 2.50. The summed E-state index contributed by atoms with van der Waals surface area (Å²) >= 11 is 1.68. The first kappa shape index (κ1) is 54.8. The number of aliphatic hydroxyl groups excluding tert-OH is 1. The Hall–Kier alpha value is -5.96. The molecule has 4 aromatic rings. The fraction of sp³-hybridized carbons (Fsp3) is 0.357. The van der Waals surface area contributed by atoms with Crippen molar-refractivity contribution >= 4 is 85.6 Å². The van der Waals surface area contributed by atoms with E-state index in [9.17, 15) is 47.8 Å². The number of aliphatic hydroxyl groups is 1. The third-order valence-electron chi connectivity index (χ3n) is 11.2. The Morgan fingerprint density at radius 1 is 0.959 bits per heavy atom. The molecule has 2 aliphatic heterocycles. The van der Waals surface area contributed by atoms with E-state index in [1.807, 2.05) is 55.9 Å². The van der Waals surface area contributed by atoms with Gasteiger partial charge in [0, 0.05) is 91.1 Å². The lowest BCUT2D eigenvalue weighted by atomic mass is 9.91. The summed E-state index contributed by atoms with van der Waals surface area (Å²) in [5.74, 6) is -0.985. The largest absolute Gasteiger partial charge is 0.490 e. The number of alkyl carbamates (subject to hydrolysis) is 1. The number of nitrogens with zero attached hydrogens (tertiary/aromatic N) is 6. The number of hydrogen-bond donors (Lipinski definition) is 9. The first-order chi connectivity index (χ1) is 34.3. The van der Waals surface area contributed by atoms with Crippen molar-refractivity contribution in [2.75, 3.05) is 72.1 Å². The van der Waals surface area contributed by atoms with Gasteiger partial charge in [-0.25, -0.2) is 28.0 Å². The van der Waals surface area contributed by atoms with Crippen LogP contribution in [0.2, 0.25) is 0 Å². The molecule has 1 fully saturated rings. The number of rotatable bonds is 19. The summed E-state index contributed by atoms with van der Waals surface area (Å²) in [4.78, 5) is 105. The number of fused-ring (bicyclic) bond motifs is 3. The maximum absolute atomic E-state index is 14.2. The number of ether oxygens (including phenoxy) is 2. The van der Waals surface area contributed by atoms with Gasteiger partial charge >= 0.3 is 29.6 Å². The van der Waals surface area contributed by atoms with Gasteiger partial charge < -0.3 is 60.3 Å². The zero-order valence-corrected chi connectivity index (χ0v) is 43.0. The van der Waals surface area contributed by atoms with Crippen molar-refractivity contribution in [2.24, 2.45) is 0 Å². The molecule has 0 saturated carbocycles. The molecule has 73 heavy (non-hydrogen) atoms. The molecule has 31 heteroatoms. The summed E-state index contributed by atoms with van der Waals surface area (Å²) in [6.07, 6.45) is -6.84. The molecule has 7 rings (SSSR count). The number of benzene rings is 3. The van der Waals surface area contributed by atoms with Crippen molar-refractivity contribution in [3.05, 3.63) is 88.3 Å². The number of aromatic amines is 1. The zero-order chi connectivity index (χ0) is 53.2. The van der Waals surface area contributed by atoms with Crippen LogP contribution in [0.3, 0.4) is 0 Å². The van der Waals surface area contributed by atoms with Crippen LogP contribution in [0, 0.1) is 0 Å². The number of H-pyrrole nitrogens is 1. The third-order valence-corrected chi connectivity index (χ3v) is 16.1. The second-order valence-corrected chi connectivity index (χ2v) is 22.4. The van der Waals surface area contributed by atoms with Gasteiger partial charge in [0.25, 0.3) is 11.5 Å². The maximum atomic E-state index is 14.2. The summed E-state index contributed by atoms with van der Waals surface area (Å²) < 4.78 is 62.8. The van der Waals surface area contributed by atoms with Crippen LogP contribution in [-0.2, 0) is 41.1 Å². The van der Waals surface area contributed by atoms with Gasteiger partial charge in [0.15, 0.2) is 23.5 Å². The standard InChI is InChI=1S/C42H51N10O17P3S/c1-49(2)23-12-14-27-30(19-23)73-31-20-24(50(3)4)13-15-28(31)33(27)25-9-6-7-10-26(25)39(56)51(5)18-8-11-32(53)44-16-17-45-42(57)67-36-29(21-65-71(61,62)69-72(63,64)68-70(58,59)60)66-40(35(36)54)52-22-46-34-37(52)47-41(43)48-38(34)55/h6-7,9-10,12-15,19-20,22,29,35-36,40,54H,8,11,16-18,21H2,1-5H3,(H8-,43,44,45,47,48,53,55,57,58,59,60,61,62,63,64)/p+1/t29-,35-,36-,40-/m1/s1. The maximum Gasteiger partial charge on any atom is 0.490 e. The SMILES string of the molecule is CN(CCCC(=O)NCCNC(=O)O[C@H]1[C@@H](O)[C@H](n2cnc3c(=O)[nH]c(N)nc32)O[C@@H]1COP(=O)(O)OP(=O)(O)OP(=O)(O)O)C(=O)c1ccccc1-c1c2ccc(=[N+](C)C)cc-2sc2cc(N(C)C)ccc12. The van der Waals surface area contributed by atoms with Gasteiger partial charge in [0.05, 0.1) is 12.9 Å².